The number of nitrogens with zero attached hydrogens (tertiary/aromatic N) is 2. The SMILES string of the molecule is CC(CN=C(N)N1CCSCC1)c1ccccc1. The van der Waals surface area contributed by atoms with Crippen molar-refractivity contribution in [2.45, 2.75) is 12.8 Å². The van der Waals surface area contributed by atoms with Gasteiger partial charge < -0.3 is 10.6 Å². The first-order valence-corrected chi connectivity index (χ1v) is 7.60. The molecule has 1 heterocycles. The second-order valence-electron chi connectivity index (χ2n) is 4.61. The number of benzene rings is 1. The number of rotatable bonds is 3. The average molecular weight is 263 g/mol. The summed E-state index contributed by atoms with van der Waals surface area (Å²) in [5.74, 6) is 3.44. The Morgan fingerprint density at radius 2 is 2.00 bits per heavy atom. The Hall–Kier alpha value is -1.16. The first kappa shape index (κ1) is 13.3. The van der Waals surface area contributed by atoms with Crippen LogP contribution in [0.4, 0.5) is 0 Å². The molecule has 1 aliphatic rings. The number of thioether (sulfide) groups is 1. The van der Waals surface area contributed by atoms with Crippen LogP contribution < -0.4 is 5.73 Å². The lowest BCUT2D eigenvalue weighted by Gasteiger charge is -2.27. The Kier molecular flexibility index (Phi) is 4.93. The average Bonchev–Trinajstić information content (AvgIpc) is 2.46. The van der Waals surface area contributed by atoms with E-state index in [1.165, 1.54) is 5.56 Å². The van der Waals surface area contributed by atoms with Crippen molar-refractivity contribution in [2.24, 2.45) is 10.7 Å². The van der Waals surface area contributed by atoms with Gasteiger partial charge >= 0.3 is 0 Å². The minimum Gasteiger partial charge on any atom is -0.370 e. The van der Waals surface area contributed by atoms with Crippen LogP contribution in [0.3, 0.4) is 0 Å². The molecular weight excluding hydrogens is 242 g/mol. The zero-order valence-corrected chi connectivity index (χ0v) is 11.7. The monoisotopic (exact) mass is 263 g/mol. The summed E-state index contributed by atoms with van der Waals surface area (Å²) in [4.78, 5) is 6.72. The highest BCUT2D eigenvalue weighted by atomic mass is 32.2. The molecule has 1 fully saturated rings. The summed E-state index contributed by atoms with van der Waals surface area (Å²) in [5.41, 5.74) is 7.36. The summed E-state index contributed by atoms with van der Waals surface area (Å²) >= 11 is 1.99. The molecule has 0 radical (unpaired) electrons. The highest BCUT2D eigenvalue weighted by Gasteiger charge is 2.12. The van der Waals surface area contributed by atoms with Crippen molar-refractivity contribution >= 4 is 17.7 Å². The molecular formula is C14H21N3S. The predicted molar refractivity (Wildman–Crippen MR) is 80.2 cm³/mol. The predicted octanol–water partition coefficient (Wildman–Crippen LogP) is 2.15. The van der Waals surface area contributed by atoms with Crippen molar-refractivity contribution in [2.75, 3.05) is 31.1 Å². The topological polar surface area (TPSA) is 41.6 Å². The zero-order chi connectivity index (χ0) is 12.8. The Morgan fingerprint density at radius 3 is 2.67 bits per heavy atom. The number of nitrogens with two attached hydrogens (primary N) is 1. The van der Waals surface area contributed by atoms with Crippen molar-refractivity contribution in [3.05, 3.63) is 35.9 Å². The van der Waals surface area contributed by atoms with Gasteiger partial charge in [0.2, 0.25) is 0 Å². The molecule has 1 aromatic rings. The molecule has 0 saturated carbocycles. The van der Waals surface area contributed by atoms with Crippen LogP contribution in [0, 0.1) is 0 Å². The third-order valence-corrected chi connectivity index (χ3v) is 4.17. The quantitative estimate of drug-likeness (QED) is 0.671. The standard InChI is InChI=1S/C14H21N3S/c1-12(13-5-3-2-4-6-13)11-16-14(15)17-7-9-18-10-8-17/h2-6,12H,7-11H2,1H3,(H2,15,16). The maximum absolute atomic E-state index is 6.04. The van der Waals surface area contributed by atoms with E-state index >= 15 is 0 Å². The first-order chi connectivity index (χ1) is 8.77. The van der Waals surface area contributed by atoms with Gasteiger partial charge in [-0.05, 0) is 5.56 Å². The normalized spacial score (nSPS) is 18.7. The molecule has 0 spiro atoms. The van der Waals surface area contributed by atoms with Crippen LogP contribution >= 0.6 is 11.8 Å². The third kappa shape index (κ3) is 3.67. The Morgan fingerprint density at radius 1 is 1.33 bits per heavy atom. The molecule has 0 amide bonds. The second kappa shape index (κ2) is 6.69. The lowest BCUT2D eigenvalue weighted by molar-refractivity contribution is 0.455. The van der Waals surface area contributed by atoms with Gasteiger partial charge in [0.15, 0.2) is 5.96 Å². The van der Waals surface area contributed by atoms with Gasteiger partial charge in [0.25, 0.3) is 0 Å². The molecule has 1 aliphatic heterocycles. The van der Waals surface area contributed by atoms with Gasteiger partial charge in [-0.3, -0.25) is 4.99 Å². The van der Waals surface area contributed by atoms with Gasteiger partial charge in [0.1, 0.15) is 0 Å². The molecule has 0 aliphatic carbocycles. The summed E-state index contributed by atoms with van der Waals surface area (Å²) in [6.07, 6.45) is 0. The van der Waals surface area contributed by atoms with Gasteiger partial charge in [-0.15, -0.1) is 0 Å². The molecule has 3 nitrogen and oxygen atoms in total. The molecule has 0 bridgehead atoms. The van der Waals surface area contributed by atoms with Gasteiger partial charge in [-0.25, -0.2) is 0 Å². The summed E-state index contributed by atoms with van der Waals surface area (Å²) in [6, 6.07) is 10.5. The number of hydrogen-bond acceptors (Lipinski definition) is 2. The summed E-state index contributed by atoms with van der Waals surface area (Å²) in [7, 11) is 0. The van der Waals surface area contributed by atoms with Gasteiger partial charge in [-0.1, -0.05) is 37.3 Å². The lowest BCUT2D eigenvalue weighted by atomic mass is 10.0. The van der Waals surface area contributed by atoms with Crippen LogP contribution in [-0.2, 0) is 0 Å². The van der Waals surface area contributed by atoms with E-state index in [4.69, 9.17) is 5.73 Å². The number of aliphatic imine (C=N–C) groups is 1. The van der Waals surface area contributed by atoms with Crippen LogP contribution in [0.5, 0.6) is 0 Å². The fourth-order valence-electron chi connectivity index (χ4n) is 2.01. The highest BCUT2D eigenvalue weighted by Crippen LogP contribution is 2.15. The Labute approximate surface area is 113 Å². The zero-order valence-electron chi connectivity index (χ0n) is 10.9. The van der Waals surface area contributed by atoms with E-state index in [0.29, 0.717) is 11.9 Å². The van der Waals surface area contributed by atoms with Crippen LogP contribution in [0.2, 0.25) is 0 Å². The third-order valence-electron chi connectivity index (χ3n) is 3.23. The fraction of sp³-hybridized carbons (Fsp3) is 0.500. The molecule has 1 atom stereocenters. The molecule has 2 N–H and O–H groups in total. The van der Waals surface area contributed by atoms with Crippen molar-refractivity contribution in [1.82, 2.24) is 4.90 Å². The van der Waals surface area contributed by atoms with Crippen molar-refractivity contribution in [3.63, 3.8) is 0 Å². The summed E-state index contributed by atoms with van der Waals surface area (Å²) in [5, 5.41) is 0. The van der Waals surface area contributed by atoms with Crippen molar-refractivity contribution in [3.8, 4) is 0 Å². The molecule has 2 rings (SSSR count). The highest BCUT2D eigenvalue weighted by molar-refractivity contribution is 7.99. The van der Waals surface area contributed by atoms with Crippen molar-refractivity contribution < 1.29 is 0 Å². The maximum Gasteiger partial charge on any atom is 0.191 e. The van der Waals surface area contributed by atoms with Crippen molar-refractivity contribution in [1.29, 1.82) is 0 Å². The minimum absolute atomic E-state index is 0.420. The van der Waals surface area contributed by atoms with E-state index in [2.05, 4.69) is 41.1 Å². The largest absolute Gasteiger partial charge is 0.370 e. The van der Waals surface area contributed by atoms with E-state index in [1.807, 2.05) is 17.8 Å². The van der Waals surface area contributed by atoms with Crippen LogP contribution in [-0.4, -0.2) is 42.0 Å². The molecule has 98 valence electrons. The Balaban J connectivity index is 1.89. The van der Waals surface area contributed by atoms with Crippen LogP contribution in [0.15, 0.2) is 35.3 Å². The van der Waals surface area contributed by atoms with Gasteiger partial charge in [0.05, 0.1) is 0 Å². The van der Waals surface area contributed by atoms with Crippen LogP contribution in [0.25, 0.3) is 0 Å². The molecule has 0 aromatic heterocycles. The van der Waals surface area contributed by atoms with E-state index in [0.717, 1.165) is 31.1 Å². The lowest BCUT2D eigenvalue weighted by Crippen LogP contribution is -2.42. The van der Waals surface area contributed by atoms with Gasteiger partial charge in [0, 0.05) is 37.1 Å². The number of hydrogen-bond donors (Lipinski definition) is 1. The Bertz CT molecular complexity index is 385. The molecule has 1 aromatic carbocycles. The maximum atomic E-state index is 6.04. The van der Waals surface area contributed by atoms with E-state index < -0.39 is 0 Å². The van der Waals surface area contributed by atoms with Gasteiger partial charge in [-0.2, -0.15) is 11.8 Å². The summed E-state index contributed by atoms with van der Waals surface area (Å²) in [6.45, 7) is 5.01. The fourth-order valence-corrected chi connectivity index (χ4v) is 2.91. The number of guanidine groups is 1. The second-order valence-corrected chi connectivity index (χ2v) is 5.83. The van der Waals surface area contributed by atoms with E-state index in [-0.39, 0.29) is 0 Å². The van der Waals surface area contributed by atoms with Crippen LogP contribution in [0.1, 0.15) is 18.4 Å². The summed E-state index contributed by atoms with van der Waals surface area (Å²) < 4.78 is 0. The molecule has 1 saturated heterocycles. The smallest absolute Gasteiger partial charge is 0.191 e. The van der Waals surface area contributed by atoms with E-state index in [1.54, 1.807) is 0 Å². The molecule has 18 heavy (non-hydrogen) atoms. The molecule has 1 unspecified atom stereocenters. The van der Waals surface area contributed by atoms with E-state index in [9.17, 15) is 0 Å². The minimum atomic E-state index is 0.420. The first-order valence-electron chi connectivity index (χ1n) is 6.45. The molecule has 4 heteroatoms.